The summed E-state index contributed by atoms with van der Waals surface area (Å²) in [6, 6.07) is 15.6. The summed E-state index contributed by atoms with van der Waals surface area (Å²) in [5.74, 6) is -2.62. The summed E-state index contributed by atoms with van der Waals surface area (Å²) in [5, 5.41) is 14.2. The molecule has 0 aliphatic carbocycles. The molecule has 13 nitrogen and oxygen atoms in total. The molecule has 0 amide bonds. The predicted octanol–water partition coefficient (Wildman–Crippen LogP) is 4.29. The second-order valence-corrected chi connectivity index (χ2v) is 13.6. The molecule has 0 fully saturated rings. The van der Waals surface area contributed by atoms with E-state index in [4.69, 9.17) is 29.8 Å². The topological polar surface area (TPSA) is 193 Å². The van der Waals surface area contributed by atoms with Gasteiger partial charge in [-0.25, -0.2) is 0 Å². The molecule has 0 aliphatic rings. The van der Waals surface area contributed by atoms with E-state index in [1.807, 2.05) is 81.4 Å². The van der Waals surface area contributed by atoms with Crippen LogP contribution >= 0.6 is 0 Å². The van der Waals surface area contributed by atoms with Crippen molar-refractivity contribution in [1.82, 2.24) is 10.6 Å². The molecule has 13 heteroatoms. The van der Waals surface area contributed by atoms with Gasteiger partial charge in [0.25, 0.3) is 0 Å². The van der Waals surface area contributed by atoms with Gasteiger partial charge in [-0.05, 0) is 87.3 Å². The van der Waals surface area contributed by atoms with Crippen LogP contribution in [0, 0.1) is 0 Å². The Morgan fingerprint density at radius 1 is 0.580 bits per heavy atom. The highest BCUT2D eigenvalue weighted by Gasteiger charge is 2.25. The Morgan fingerprint density at radius 3 is 1.20 bits per heavy atom. The van der Waals surface area contributed by atoms with E-state index < -0.39 is 65.3 Å². The summed E-state index contributed by atoms with van der Waals surface area (Å²) in [6.45, 7) is 19.2. The molecule has 2 rings (SSSR count). The van der Waals surface area contributed by atoms with Crippen LogP contribution in [0.3, 0.4) is 0 Å². The van der Waals surface area contributed by atoms with Gasteiger partial charge in [0.1, 0.15) is 54.6 Å². The summed E-state index contributed by atoms with van der Waals surface area (Å²) in [7, 11) is 0. The van der Waals surface area contributed by atoms with Crippen LogP contribution < -0.4 is 16.4 Å². The second-order valence-electron chi connectivity index (χ2n) is 13.6. The number of carboxylic acid groups (broad SMARTS) is 1. The first-order valence-corrected chi connectivity index (χ1v) is 16.4. The number of esters is 4. The van der Waals surface area contributed by atoms with E-state index in [0.29, 0.717) is 0 Å². The van der Waals surface area contributed by atoms with Gasteiger partial charge >= 0.3 is 29.8 Å². The molecule has 0 radical (unpaired) electrons. The van der Waals surface area contributed by atoms with Gasteiger partial charge in [-0.2, -0.15) is 0 Å². The van der Waals surface area contributed by atoms with Gasteiger partial charge < -0.3 is 29.8 Å². The third-order valence-electron chi connectivity index (χ3n) is 6.06. The van der Waals surface area contributed by atoms with Gasteiger partial charge in [-0.3, -0.25) is 34.6 Å². The molecule has 280 valence electrons. The lowest BCUT2D eigenvalue weighted by molar-refractivity contribution is -0.158. The van der Waals surface area contributed by atoms with Crippen molar-refractivity contribution in [2.75, 3.05) is 0 Å². The molecule has 0 aliphatic heterocycles. The third-order valence-corrected chi connectivity index (χ3v) is 6.06. The Morgan fingerprint density at radius 2 is 0.900 bits per heavy atom. The minimum Gasteiger partial charge on any atom is -0.480 e. The zero-order chi connectivity index (χ0) is 38.7. The minimum atomic E-state index is -1.00. The van der Waals surface area contributed by atoms with Gasteiger partial charge in [0, 0.05) is 0 Å². The number of nitrogens with two attached hydrogens (primary N) is 1. The number of carbonyl (C=O) groups is 5. The summed E-state index contributed by atoms with van der Waals surface area (Å²) in [6.07, 6.45) is 0. The van der Waals surface area contributed by atoms with Gasteiger partial charge in [0.05, 0.1) is 0 Å². The summed E-state index contributed by atoms with van der Waals surface area (Å²) in [5.41, 5.74) is 6.10. The number of hydrogen-bond donors (Lipinski definition) is 4. The van der Waals surface area contributed by atoms with Crippen molar-refractivity contribution >= 4 is 29.8 Å². The molecule has 5 unspecified atom stereocenters. The number of benzene rings is 2. The second kappa shape index (κ2) is 22.4. The average Bonchev–Trinajstić information content (AvgIpc) is 3.02. The van der Waals surface area contributed by atoms with E-state index in [0.717, 1.165) is 11.1 Å². The number of aliphatic carboxylic acids is 1. The van der Waals surface area contributed by atoms with Crippen LogP contribution in [0.15, 0.2) is 60.7 Å². The maximum Gasteiger partial charge on any atom is 0.323 e. The van der Waals surface area contributed by atoms with Crippen LogP contribution in [0.5, 0.6) is 0 Å². The number of nitrogens with one attached hydrogen (secondary N) is 2. The lowest BCUT2D eigenvalue weighted by Gasteiger charge is -2.24. The van der Waals surface area contributed by atoms with E-state index >= 15 is 0 Å². The van der Waals surface area contributed by atoms with Crippen LogP contribution in [0.1, 0.15) is 87.3 Å². The monoisotopic (exact) mass is 703 g/mol. The largest absolute Gasteiger partial charge is 0.480 e. The zero-order valence-corrected chi connectivity index (χ0v) is 31.3. The molecule has 5 N–H and O–H groups in total. The smallest absolute Gasteiger partial charge is 0.323 e. The Balaban J connectivity index is 0.000000771. The first-order valence-electron chi connectivity index (χ1n) is 16.4. The summed E-state index contributed by atoms with van der Waals surface area (Å²) in [4.78, 5) is 56.8. The number of rotatable bonds is 13. The highest BCUT2D eigenvalue weighted by Crippen LogP contribution is 2.10. The number of ether oxygens (including phenoxy) is 4. The third kappa shape index (κ3) is 22.3. The van der Waals surface area contributed by atoms with Crippen molar-refractivity contribution in [1.29, 1.82) is 0 Å². The van der Waals surface area contributed by atoms with Crippen LogP contribution in [-0.4, -0.2) is 76.4 Å². The van der Waals surface area contributed by atoms with E-state index in [9.17, 15) is 24.0 Å². The van der Waals surface area contributed by atoms with E-state index in [2.05, 4.69) is 10.6 Å². The molecular formula is C37H57N3O10. The molecular weight excluding hydrogens is 646 g/mol. The van der Waals surface area contributed by atoms with Crippen molar-refractivity contribution in [3.8, 4) is 0 Å². The fourth-order valence-electron chi connectivity index (χ4n) is 3.52. The maximum atomic E-state index is 11.9. The molecule has 2 aromatic carbocycles. The molecule has 0 aromatic heterocycles. The molecule has 0 heterocycles. The normalized spacial score (nSPS) is 14.0. The van der Waals surface area contributed by atoms with Crippen molar-refractivity contribution in [2.24, 2.45) is 5.73 Å². The number of carboxylic acids is 1. The van der Waals surface area contributed by atoms with Crippen LogP contribution in [0.25, 0.3) is 0 Å². The maximum absolute atomic E-state index is 11.9. The van der Waals surface area contributed by atoms with E-state index in [1.54, 1.807) is 48.5 Å². The Bertz CT molecular complexity index is 1320. The molecule has 2 aromatic rings. The average molecular weight is 704 g/mol. The van der Waals surface area contributed by atoms with Gasteiger partial charge in [0.15, 0.2) is 0 Å². The molecule has 0 saturated heterocycles. The zero-order valence-electron chi connectivity index (χ0n) is 31.3. The van der Waals surface area contributed by atoms with Gasteiger partial charge in [-0.1, -0.05) is 60.7 Å². The van der Waals surface area contributed by atoms with Crippen molar-refractivity contribution in [3.63, 3.8) is 0 Å². The molecule has 0 spiro atoms. The number of hydrogen-bond acceptors (Lipinski definition) is 12. The SMILES string of the molecule is CC(N)C(=O)OC(C)(C)C.CC(NC(C)C(=O)OC(C)(C)C)C(=O)OCc1ccccc1.CC(NC(C)C(=O)OCc1ccccc1)C(=O)O. The highest BCUT2D eigenvalue weighted by atomic mass is 16.6. The lowest BCUT2D eigenvalue weighted by Crippen LogP contribution is -2.46. The van der Waals surface area contributed by atoms with Gasteiger partial charge in [0.2, 0.25) is 0 Å². The molecule has 0 bridgehead atoms. The number of carbonyl (C=O) groups excluding carboxylic acids is 4. The predicted molar refractivity (Wildman–Crippen MR) is 190 cm³/mol. The highest BCUT2D eigenvalue weighted by molar-refractivity contribution is 5.79. The quantitative estimate of drug-likeness (QED) is 0.171. The van der Waals surface area contributed by atoms with E-state index in [1.165, 1.54) is 6.92 Å². The Hall–Kier alpha value is -4.33. The Labute approximate surface area is 296 Å². The molecule has 50 heavy (non-hydrogen) atoms. The lowest BCUT2D eigenvalue weighted by atomic mass is 10.2. The summed E-state index contributed by atoms with van der Waals surface area (Å²) < 4.78 is 20.5. The summed E-state index contributed by atoms with van der Waals surface area (Å²) >= 11 is 0. The fourth-order valence-corrected chi connectivity index (χ4v) is 3.52. The molecule has 0 saturated carbocycles. The first-order chi connectivity index (χ1) is 23.0. The van der Waals surface area contributed by atoms with Crippen LogP contribution in [0.2, 0.25) is 0 Å². The van der Waals surface area contributed by atoms with E-state index in [-0.39, 0.29) is 19.2 Å². The van der Waals surface area contributed by atoms with Crippen LogP contribution in [-0.2, 0) is 56.1 Å². The first kappa shape index (κ1) is 45.7. The van der Waals surface area contributed by atoms with Gasteiger partial charge in [-0.15, -0.1) is 0 Å². The van der Waals surface area contributed by atoms with Crippen molar-refractivity contribution < 1.29 is 48.0 Å². The fraction of sp³-hybridized carbons (Fsp3) is 0.541. The van der Waals surface area contributed by atoms with Crippen molar-refractivity contribution in [2.45, 2.75) is 131 Å². The van der Waals surface area contributed by atoms with Crippen LogP contribution in [0.4, 0.5) is 0 Å². The Kier molecular flexibility index (Phi) is 20.5. The standard InChI is InChI=1S/C17H25NO4.C13H17NO4.C7H15NO2/c1-12(18-13(2)16(20)22-17(3,4)5)15(19)21-11-14-9-7-6-8-10-14;1-9(12(15)16)14-10(2)13(17)18-8-11-6-4-3-5-7-11;1-5(8)6(9)10-7(2,3)4/h6-10,12-13,18H,11H2,1-5H3;3-7,9-10,14H,8H2,1-2H3,(H,15,16);5H,8H2,1-4H3. The van der Waals surface area contributed by atoms with Crippen molar-refractivity contribution in [3.05, 3.63) is 71.8 Å². The molecule has 5 atom stereocenters. The minimum absolute atomic E-state index is 0.188.